The average molecular weight is 235 g/mol. The molecule has 0 aromatic carbocycles. The predicted molar refractivity (Wildman–Crippen MR) is 67.2 cm³/mol. The summed E-state index contributed by atoms with van der Waals surface area (Å²) >= 11 is 0. The van der Waals surface area contributed by atoms with Gasteiger partial charge in [-0.15, -0.1) is 0 Å². The molecule has 92 valence electrons. The van der Waals surface area contributed by atoms with Crippen LogP contribution in [0.1, 0.15) is 19.8 Å². The molecule has 0 aliphatic carbocycles. The van der Waals surface area contributed by atoms with Crippen LogP contribution in [0.15, 0.2) is 48.2 Å². The van der Waals surface area contributed by atoms with E-state index in [1.807, 2.05) is 6.92 Å². The minimum atomic E-state index is -1.01. The van der Waals surface area contributed by atoms with E-state index in [4.69, 9.17) is 10.8 Å². The highest BCUT2D eigenvalue weighted by Crippen LogP contribution is 2.10. The molecule has 0 aromatic rings. The van der Waals surface area contributed by atoms with Crippen LogP contribution in [0.5, 0.6) is 0 Å². The summed E-state index contributed by atoms with van der Waals surface area (Å²) in [5.41, 5.74) is 6.32. The molecule has 0 aliphatic rings. The summed E-state index contributed by atoms with van der Waals surface area (Å²) in [4.78, 5) is 22.1. The van der Waals surface area contributed by atoms with Crippen LogP contribution >= 0.6 is 0 Å². The molecule has 0 amide bonds. The molecule has 0 saturated carbocycles. The molecule has 0 fully saturated rings. The lowest BCUT2D eigenvalue weighted by Crippen LogP contribution is -2.12. The largest absolute Gasteiger partial charge is 0.481 e. The van der Waals surface area contributed by atoms with Gasteiger partial charge in [0.05, 0.1) is 6.42 Å². The van der Waals surface area contributed by atoms with Crippen LogP contribution in [0.2, 0.25) is 0 Å². The average Bonchev–Trinajstić information content (AvgIpc) is 2.29. The number of aliphatic carboxylic acids is 1. The number of carboxylic acids is 1. The van der Waals surface area contributed by atoms with Gasteiger partial charge in [0.2, 0.25) is 0 Å². The summed E-state index contributed by atoms with van der Waals surface area (Å²) < 4.78 is 0. The first kappa shape index (κ1) is 14.9. The van der Waals surface area contributed by atoms with Gasteiger partial charge in [0.25, 0.3) is 0 Å². The maximum atomic E-state index is 11.7. The van der Waals surface area contributed by atoms with Crippen molar-refractivity contribution in [2.24, 2.45) is 5.73 Å². The van der Waals surface area contributed by atoms with Gasteiger partial charge in [-0.05, 0) is 19.1 Å². The summed E-state index contributed by atoms with van der Waals surface area (Å²) in [5.74, 6) is -1.31. The SMILES string of the molecule is C=C\C=C(C(=O)CCC(=O)O)/C(N)=C\C=C/C. The Hall–Kier alpha value is -2.10. The third kappa shape index (κ3) is 6.14. The number of carboxylic acid groups (broad SMARTS) is 1. The quantitative estimate of drug-likeness (QED) is 0.522. The van der Waals surface area contributed by atoms with Crippen LogP contribution in [-0.2, 0) is 9.59 Å². The molecular formula is C13H17NO3. The number of ketones is 1. The number of nitrogens with two attached hydrogens (primary N) is 1. The number of allylic oxidation sites excluding steroid dienone is 6. The second kappa shape index (κ2) is 8.10. The summed E-state index contributed by atoms with van der Waals surface area (Å²) in [7, 11) is 0. The fraction of sp³-hybridized carbons (Fsp3) is 0.231. The lowest BCUT2D eigenvalue weighted by atomic mass is 10.0. The van der Waals surface area contributed by atoms with Gasteiger partial charge in [-0.2, -0.15) is 0 Å². The van der Waals surface area contributed by atoms with Crippen LogP contribution in [0.4, 0.5) is 0 Å². The van der Waals surface area contributed by atoms with Crippen molar-refractivity contribution in [1.82, 2.24) is 0 Å². The molecule has 0 atom stereocenters. The van der Waals surface area contributed by atoms with Crippen molar-refractivity contribution in [3.63, 3.8) is 0 Å². The maximum absolute atomic E-state index is 11.7. The van der Waals surface area contributed by atoms with E-state index in [2.05, 4.69) is 6.58 Å². The number of rotatable bonds is 7. The third-order valence-corrected chi connectivity index (χ3v) is 1.93. The second-order valence-corrected chi connectivity index (χ2v) is 3.28. The molecule has 3 N–H and O–H groups in total. The van der Waals surface area contributed by atoms with Crippen molar-refractivity contribution in [2.75, 3.05) is 0 Å². The minimum Gasteiger partial charge on any atom is -0.481 e. The zero-order valence-electron chi connectivity index (χ0n) is 9.85. The maximum Gasteiger partial charge on any atom is 0.303 e. The zero-order valence-corrected chi connectivity index (χ0v) is 9.85. The standard InChI is InChI=1S/C13H17NO3/c1-3-5-7-11(14)10(6-4-2)12(15)8-9-13(16)17/h3-7H,2,8-9,14H2,1H3,(H,16,17)/b5-3-,10-6+,11-7+. The van der Waals surface area contributed by atoms with Crippen molar-refractivity contribution in [3.8, 4) is 0 Å². The van der Waals surface area contributed by atoms with Gasteiger partial charge in [0.15, 0.2) is 5.78 Å². The van der Waals surface area contributed by atoms with E-state index >= 15 is 0 Å². The molecule has 0 aromatic heterocycles. The van der Waals surface area contributed by atoms with E-state index in [9.17, 15) is 9.59 Å². The van der Waals surface area contributed by atoms with Gasteiger partial charge in [0.1, 0.15) is 0 Å². The van der Waals surface area contributed by atoms with Crippen molar-refractivity contribution >= 4 is 11.8 Å². The first-order valence-corrected chi connectivity index (χ1v) is 5.19. The van der Waals surface area contributed by atoms with Crippen molar-refractivity contribution in [1.29, 1.82) is 0 Å². The highest BCUT2D eigenvalue weighted by molar-refractivity contribution is 6.00. The van der Waals surface area contributed by atoms with Gasteiger partial charge in [0, 0.05) is 17.7 Å². The van der Waals surface area contributed by atoms with Crippen LogP contribution in [-0.4, -0.2) is 16.9 Å². The van der Waals surface area contributed by atoms with Crippen LogP contribution in [0, 0.1) is 0 Å². The molecule has 0 bridgehead atoms. The number of hydrogen-bond donors (Lipinski definition) is 2. The van der Waals surface area contributed by atoms with E-state index in [0.717, 1.165) is 0 Å². The van der Waals surface area contributed by atoms with Crippen LogP contribution in [0.3, 0.4) is 0 Å². The Morgan fingerprint density at radius 1 is 1.29 bits per heavy atom. The van der Waals surface area contributed by atoms with Gasteiger partial charge in [-0.1, -0.05) is 24.8 Å². The molecule has 0 heterocycles. The van der Waals surface area contributed by atoms with Crippen LogP contribution in [0.25, 0.3) is 0 Å². The van der Waals surface area contributed by atoms with Crippen molar-refractivity contribution < 1.29 is 14.7 Å². The van der Waals surface area contributed by atoms with Crippen LogP contribution < -0.4 is 5.73 Å². The summed E-state index contributed by atoms with van der Waals surface area (Å²) in [6.45, 7) is 5.32. The molecule has 0 saturated heterocycles. The Kier molecular flexibility index (Phi) is 7.10. The van der Waals surface area contributed by atoms with Crippen molar-refractivity contribution in [3.05, 3.63) is 48.2 Å². The Bertz CT molecular complexity index is 389. The molecule has 0 aliphatic heterocycles. The first-order chi connectivity index (χ1) is 8.02. The Morgan fingerprint density at radius 2 is 1.94 bits per heavy atom. The first-order valence-electron chi connectivity index (χ1n) is 5.19. The van der Waals surface area contributed by atoms with Gasteiger partial charge >= 0.3 is 5.97 Å². The lowest BCUT2D eigenvalue weighted by Gasteiger charge is -2.04. The normalized spacial score (nSPS) is 12.8. The van der Waals surface area contributed by atoms with E-state index in [-0.39, 0.29) is 18.6 Å². The third-order valence-electron chi connectivity index (χ3n) is 1.93. The summed E-state index contributed by atoms with van der Waals surface area (Å²) in [5, 5.41) is 8.51. The van der Waals surface area contributed by atoms with E-state index in [0.29, 0.717) is 11.3 Å². The summed E-state index contributed by atoms with van der Waals surface area (Å²) in [6, 6.07) is 0. The molecule has 0 unspecified atom stereocenters. The summed E-state index contributed by atoms with van der Waals surface area (Å²) in [6.07, 6.45) is 7.73. The molecule has 0 radical (unpaired) electrons. The molecule has 4 heteroatoms. The fourth-order valence-corrected chi connectivity index (χ4v) is 1.11. The van der Waals surface area contributed by atoms with Gasteiger partial charge in [-0.3, -0.25) is 9.59 Å². The van der Waals surface area contributed by atoms with E-state index in [1.165, 1.54) is 12.2 Å². The zero-order chi connectivity index (χ0) is 13.3. The smallest absolute Gasteiger partial charge is 0.303 e. The number of hydrogen-bond acceptors (Lipinski definition) is 3. The Balaban J connectivity index is 4.86. The number of carbonyl (C=O) groups excluding carboxylic acids is 1. The highest BCUT2D eigenvalue weighted by atomic mass is 16.4. The Labute approximate surface area is 101 Å². The molecule has 0 rings (SSSR count). The number of carbonyl (C=O) groups is 2. The van der Waals surface area contributed by atoms with E-state index in [1.54, 1.807) is 18.2 Å². The molecule has 0 spiro atoms. The minimum absolute atomic E-state index is 0.0701. The molecular weight excluding hydrogens is 218 g/mol. The Morgan fingerprint density at radius 3 is 2.41 bits per heavy atom. The van der Waals surface area contributed by atoms with E-state index < -0.39 is 5.97 Å². The molecule has 4 nitrogen and oxygen atoms in total. The topological polar surface area (TPSA) is 80.4 Å². The lowest BCUT2D eigenvalue weighted by molar-refractivity contribution is -0.138. The fourth-order valence-electron chi connectivity index (χ4n) is 1.11. The van der Waals surface area contributed by atoms with Gasteiger partial charge in [-0.25, -0.2) is 0 Å². The van der Waals surface area contributed by atoms with Gasteiger partial charge < -0.3 is 10.8 Å². The molecule has 17 heavy (non-hydrogen) atoms. The second-order valence-electron chi connectivity index (χ2n) is 3.28. The van der Waals surface area contributed by atoms with Crippen molar-refractivity contribution in [2.45, 2.75) is 19.8 Å². The predicted octanol–water partition coefficient (Wildman–Crippen LogP) is 1.95. The number of Topliss-reactive ketones (excluding diaryl/α,β-unsaturated/α-hetero) is 1. The monoisotopic (exact) mass is 235 g/mol. The highest BCUT2D eigenvalue weighted by Gasteiger charge is 2.12.